The van der Waals surface area contributed by atoms with Crippen LogP contribution in [0.5, 0.6) is 5.75 Å². The minimum absolute atomic E-state index is 0.219. The van der Waals surface area contributed by atoms with Gasteiger partial charge >= 0.3 is 0 Å². The Morgan fingerprint density at radius 3 is 2.33 bits per heavy atom. The first-order chi connectivity index (χ1) is 8.63. The highest BCUT2D eigenvalue weighted by atomic mass is 16.5. The van der Waals surface area contributed by atoms with Crippen LogP contribution in [0.1, 0.15) is 44.7 Å². The van der Waals surface area contributed by atoms with E-state index in [0.29, 0.717) is 0 Å². The summed E-state index contributed by atoms with van der Waals surface area (Å²) < 4.78 is 5.45. The lowest BCUT2D eigenvalue weighted by atomic mass is 9.75. The Morgan fingerprint density at radius 1 is 1.17 bits per heavy atom. The van der Waals surface area contributed by atoms with Gasteiger partial charge in [0.2, 0.25) is 0 Å². The van der Waals surface area contributed by atoms with E-state index >= 15 is 0 Å². The van der Waals surface area contributed by atoms with Crippen molar-refractivity contribution in [3.8, 4) is 5.75 Å². The van der Waals surface area contributed by atoms with Gasteiger partial charge in [0.1, 0.15) is 5.75 Å². The molecule has 0 bridgehead atoms. The second-order valence-electron chi connectivity index (χ2n) is 4.95. The minimum atomic E-state index is 0.219. The van der Waals surface area contributed by atoms with Crippen molar-refractivity contribution in [2.24, 2.45) is 0 Å². The van der Waals surface area contributed by atoms with Gasteiger partial charge in [-0.25, -0.2) is 0 Å². The van der Waals surface area contributed by atoms with Crippen LogP contribution in [0.4, 0.5) is 0 Å². The van der Waals surface area contributed by atoms with Gasteiger partial charge in [-0.15, -0.1) is 0 Å². The number of methoxy groups -OCH3 is 1. The Hall–Kier alpha value is -1.02. The van der Waals surface area contributed by atoms with Gasteiger partial charge in [-0.2, -0.15) is 0 Å². The summed E-state index contributed by atoms with van der Waals surface area (Å²) in [5, 5.41) is 3.50. The highest BCUT2D eigenvalue weighted by Crippen LogP contribution is 2.34. The molecule has 0 aliphatic carbocycles. The van der Waals surface area contributed by atoms with Crippen molar-refractivity contribution in [2.75, 3.05) is 20.2 Å². The first kappa shape index (κ1) is 15.0. The fraction of sp³-hybridized carbons (Fsp3) is 0.625. The molecule has 102 valence electrons. The molecule has 2 nitrogen and oxygen atoms in total. The molecule has 0 heterocycles. The third kappa shape index (κ3) is 3.05. The van der Waals surface area contributed by atoms with Crippen LogP contribution in [0.15, 0.2) is 18.2 Å². The van der Waals surface area contributed by atoms with Crippen molar-refractivity contribution in [3.05, 3.63) is 29.3 Å². The van der Waals surface area contributed by atoms with E-state index in [1.807, 2.05) is 0 Å². The van der Waals surface area contributed by atoms with E-state index in [0.717, 1.165) is 31.7 Å². The molecule has 2 heteroatoms. The van der Waals surface area contributed by atoms with Crippen molar-refractivity contribution in [2.45, 2.75) is 46.0 Å². The Kier molecular flexibility index (Phi) is 5.67. The zero-order valence-electron chi connectivity index (χ0n) is 12.5. The maximum Gasteiger partial charge on any atom is 0.122 e. The fourth-order valence-electron chi connectivity index (χ4n) is 2.52. The summed E-state index contributed by atoms with van der Waals surface area (Å²) in [6.07, 6.45) is 2.28. The van der Waals surface area contributed by atoms with E-state index in [4.69, 9.17) is 4.74 Å². The zero-order chi connectivity index (χ0) is 13.6. The first-order valence-electron chi connectivity index (χ1n) is 6.99. The lowest BCUT2D eigenvalue weighted by molar-refractivity contribution is 0.366. The van der Waals surface area contributed by atoms with E-state index in [-0.39, 0.29) is 5.41 Å². The average molecular weight is 249 g/mol. The summed E-state index contributed by atoms with van der Waals surface area (Å²) in [4.78, 5) is 0. The molecule has 18 heavy (non-hydrogen) atoms. The summed E-state index contributed by atoms with van der Waals surface area (Å²) in [6.45, 7) is 10.8. The highest BCUT2D eigenvalue weighted by Gasteiger charge is 2.28. The van der Waals surface area contributed by atoms with Gasteiger partial charge in [0.05, 0.1) is 7.11 Å². The number of hydrogen-bond acceptors (Lipinski definition) is 2. The van der Waals surface area contributed by atoms with Crippen molar-refractivity contribution >= 4 is 0 Å². The van der Waals surface area contributed by atoms with Crippen molar-refractivity contribution in [1.82, 2.24) is 5.32 Å². The van der Waals surface area contributed by atoms with Crippen LogP contribution in [0.25, 0.3) is 0 Å². The molecule has 0 fully saturated rings. The van der Waals surface area contributed by atoms with E-state index in [1.165, 1.54) is 11.1 Å². The normalized spacial score (nSPS) is 11.6. The Labute approximate surface area is 112 Å². The van der Waals surface area contributed by atoms with E-state index in [2.05, 4.69) is 51.2 Å². The Bertz CT molecular complexity index is 369. The van der Waals surface area contributed by atoms with E-state index < -0.39 is 0 Å². The summed E-state index contributed by atoms with van der Waals surface area (Å²) in [5.74, 6) is 0.996. The van der Waals surface area contributed by atoms with Crippen LogP contribution in [0, 0.1) is 6.92 Å². The standard InChI is InChI=1S/C16H27NO/c1-6-16(7-2,12-17-8-3)14-10-9-13(4)15(11-14)18-5/h9-11,17H,6-8,12H2,1-5H3. The smallest absolute Gasteiger partial charge is 0.122 e. The molecular formula is C16H27NO. The molecule has 0 radical (unpaired) electrons. The van der Waals surface area contributed by atoms with Crippen LogP contribution in [-0.4, -0.2) is 20.2 Å². The minimum Gasteiger partial charge on any atom is -0.496 e. The lowest BCUT2D eigenvalue weighted by Crippen LogP contribution is -2.37. The lowest BCUT2D eigenvalue weighted by Gasteiger charge is -2.33. The van der Waals surface area contributed by atoms with Gasteiger partial charge in [0.25, 0.3) is 0 Å². The number of hydrogen-bond donors (Lipinski definition) is 1. The zero-order valence-corrected chi connectivity index (χ0v) is 12.5. The molecular weight excluding hydrogens is 222 g/mol. The second-order valence-corrected chi connectivity index (χ2v) is 4.95. The van der Waals surface area contributed by atoms with Crippen molar-refractivity contribution in [1.29, 1.82) is 0 Å². The van der Waals surface area contributed by atoms with Crippen LogP contribution < -0.4 is 10.1 Å². The topological polar surface area (TPSA) is 21.3 Å². The predicted molar refractivity (Wildman–Crippen MR) is 78.5 cm³/mol. The van der Waals surface area contributed by atoms with Gasteiger partial charge in [-0.1, -0.05) is 32.9 Å². The van der Waals surface area contributed by atoms with Gasteiger partial charge < -0.3 is 10.1 Å². The molecule has 0 amide bonds. The average Bonchev–Trinajstić information content (AvgIpc) is 2.42. The van der Waals surface area contributed by atoms with Gasteiger partial charge in [0, 0.05) is 12.0 Å². The third-order valence-electron chi connectivity index (χ3n) is 4.09. The number of likely N-dealkylation sites (N-methyl/N-ethyl adjacent to an activating group) is 1. The molecule has 0 spiro atoms. The predicted octanol–water partition coefficient (Wildman–Crippen LogP) is 3.67. The number of ether oxygens (including phenoxy) is 1. The van der Waals surface area contributed by atoms with Crippen molar-refractivity contribution < 1.29 is 4.74 Å². The molecule has 1 N–H and O–H groups in total. The number of aryl methyl sites for hydroxylation is 1. The molecule has 0 aliphatic rings. The van der Waals surface area contributed by atoms with Crippen molar-refractivity contribution in [3.63, 3.8) is 0 Å². The SMILES string of the molecule is CCNCC(CC)(CC)c1ccc(C)c(OC)c1. The van der Waals surface area contributed by atoms with Gasteiger partial charge in [-0.05, 0) is 43.5 Å². The van der Waals surface area contributed by atoms with Crippen LogP contribution in [0.2, 0.25) is 0 Å². The monoisotopic (exact) mass is 249 g/mol. The largest absolute Gasteiger partial charge is 0.496 e. The quantitative estimate of drug-likeness (QED) is 0.796. The second kappa shape index (κ2) is 6.79. The van der Waals surface area contributed by atoms with Gasteiger partial charge in [-0.3, -0.25) is 0 Å². The summed E-state index contributed by atoms with van der Waals surface area (Å²) >= 11 is 0. The molecule has 0 unspecified atom stereocenters. The van der Waals surface area contributed by atoms with Crippen LogP contribution >= 0.6 is 0 Å². The fourth-order valence-corrected chi connectivity index (χ4v) is 2.52. The third-order valence-corrected chi connectivity index (χ3v) is 4.09. The van der Waals surface area contributed by atoms with E-state index in [1.54, 1.807) is 7.11 Å². The van der Waals surface area contributed by atoms with Crippen LogP contribution in [-0.2, 0) is 5.41 Å². The summed E-state index contributed by atoms with van der Waals surface area (Å²) in [5.41, 5.74) is 2.80. The first-order valence-corrected chi connectivity index (χ1v) is 6.99. The molecule has 0 saturated carbocycles. The van der Waals surface area contributed by atoms with E-state index in [9.17, 15) is 0 Å². The molecule has 1 rings (SSSR count). The molecule has 1 aromatic carbocycles. The molecule has 0 saturated heterocycles. The number of benzene rings is 1. The maximum absolute atomic E-state index is 5.45. The molecule has 0 aliphatic heterocycles. The number of rotatable bonds is 7. The summed E-state index contributed by atoms with van der Waals surface area (Å²) in [6, 6.07) is 6.63. The van der Waals surface area contributed by atoms with Crippen LogP contribution in [0.3, 0.4) is 0 Å². The maximum atomic E-state index is 5.45. The summed E-state index contributed by atoms with van der Waals surface area (Å²) in [7, 11) is 1.75. The molecule has 0 atom stereocenters. The number of nitrogens with one attached hydrogen (secondary N) is 1. The highest BCUT2D eigenvalue weighted by molar-refractivity contribution is 5.40. The molecule has 0 aromatic heterocycles. The van der Waals surface area contributed by atoms with Gasteiger partial charge in [0.15, 0.2) is 0 Å². The molecule has 1 aromatic rings. The Morgan fingerprint density at radius 2 is 1.83 bits per heavy atom. The Balaban J connectivity index is 3.12.